The molecule has 0 aromatic carbocycles. The number of carbonyl (C=O) groups is 1. The molecule has 3 saturated carbocycles. The molecule has 3 nitrogen and oxygen atoms in total. The van der Waals surface area contributed by atoms with Crippen molar-refractivity contribution in [3.63, 3.8) is 0 Å². The summed E-state index contributed by atoms with van der Waals surface area (Å²) < 4.78 is 0. The van der Waals surface area contributed by atoms with Gasteiger partial charge in [-0.25, -0.2) is 0 Å². The monoisotopic (exact) mass is 304 g/mol. The quantitative estimate of drug-likeness (QED) is 0.732. The summed E-state index contributed by atoms with van der Waals surface area (Å²) in [6, 6.07) is 0. The summed E-state index contributed by atoms with van der Waals surface area (Å²) in [5, 5.41) is 20.3. The normalized spacial score (nSPS) is 50.9. The second kappa shape index (κ2) is 4.91. The summed E-state index contributed by atoms with van der Waals surface area (Å²) in [4.78, 5) is 12.4. The number of rotatable bonds is 1. The van der Waals surface area contributed by atoms with Gasteiger partial charge in [-0.3, -0.25) is 4.79 Å². The SMILES string of the molecule is CC12CCC3C(CC=C4CC(O)CCC43CO)C1CCC2=O. The summed E-state index contributed by atoms with van der Waals surface area (Å²) in [7, 11) is 0. The van der Waals surface area contributed by atoms with Gasteiger partial charge in [0.25, 0.3) is 0 Å². The molecule has 0 amide bonds. The Hall–Kier alpha value is -0.670. The van der Waals surface area contributed by atoms with E-state index in [1.54, 1.807) is 0 Å². The minimum Gasteiger partial charge on any atom is -0.395 e. The first-order chi connectivity index (χ1) is 10.5. The molecular formula is C19H28O3. The van der Waals surface area contributed by atoms with Crippen molar-refractivity contribution < 1.29 is 15.0 Å². The highest BCUT2D eigenvalue weighted by molar-refractivity contribution is 5.87. The van der Waals surface area contributed by atoms with Crippen LogP contribution in [0.25, 0.3) is 0 Å². The van der Waals surface area contributed by atoms with Gasteiger partial charge < -0.3 is 10.2 Å². The Bertz CT molecular complexity index is 525. The van der Waals surface area contributed by atoms with E-state index < -0.39 is 0 Å². The Labute approximate surface area is 132 Å². The van der Waals surface area contributed by atoms with Crippen LogP contribution in [0.1, 0.15) is 58.3 Å². The molecule has 0 heterocycles. The van der Waals surface area contributed by atoms with Gasteiger partial charge in [-0.1, -0.05) is 18.6 Å². The molecule has 22 heavy (non-hydrogen) atoms. The fraction of sp³-hybridized carbons (Fsp3) is 0.842. The molecule has 3 heteroatoms. The lowest BCUT2D eigenvalue weighted by Gasteiger charge is -2.57. The van der Waals surface area contributed by atoms with Crippen LogP contribution in [0.3, 0.4) is 0 Å². The maximum absolute atomic E-state index is 12.4. The van der Waals surface area contributed by atoms with Gasteiger partial charge in [0.1, 0.15) is 5.78 Å². The summed E-state index contributed by atoms with van der Waals surface area (Å²) in [5.41, 5.74) is 1.11. The molecule has 2 N–H and O–H groups in total. The zero-order valence-electron chi connectivity index (χ0n) is 13.6. The maximum atomic E-state index is 12.4. The van der Waals surface area contributed by atoms with Crippen LogP contribution < -0.4 is 0 Å². The van der Waals surface area contributed by atoms with Crippen molar-refractivity contribution in [3.05, 3.63) is 11.6 Å². The van der Waals surface area contributed by atoms with Crippen LogP contribution in [0, 0.1) is 28.6 Å². The van der Waals surface area contributed by atoms with E-state index >= 15 is 0 Å². The van der Waals surface area contributed by atoms with E-state index in [4.69, 9.17) is 0 Å². The predicted octanol–water partition coefficient (Wildman–Crippen LogP) is 2.85. The summed E-state index contributed by atoms with van der Waals surface area (Å²) in [6.07, 6.45) is 9.45. The molecule has 0 aromatic rings. The zero-order chi connectivity index (χ0) is 15.5. The van der Waals surface area contributed by atoms with Crippen molar-refractivity contribution in [2.75, 3.05) is 6.61 Å². The van der Waals surface area contributed by atoms with Crippen molar-refractivity contribution >= 4 is 5.78 Å². The number of allylic oxidation sites excluding steroid dienone is 1. The van der Waals surface area contributed by atoms with E-state index in [1.165, 1.54) is 5.57 Å². The van der Waals surface area contributed by atoms with Crippen molar-refractivity contribution in [2.24, 2.45) is 28.6 Å². The smallest absolute Gasteiger partial charge is 0.139 e. The van der Waals surface area contributed by atoms with Crippen LogP contribution in [0.15, 0.2) is 11.6 Å². The van der Waals surface area contributed by atoms with E-state index in [1.807, 2.05) is 0 Å². The first-order valence-corrected chi connectivity index (χ1v) is 9.03. The van der Waals surface area contributed by atoms with Gasteiger partial charge in [0.05, 0.1) is 12.7 Å². The van der Waals surface area contributed by atoms with Crippen LogP contribution in [0.5, 0.6) is 0 Å². The van der Waals surface area contributed by atoms with Crippen LogP contribution in [0.2, 0.25) is 0 Å². The third-order valence-corrected chi connectivity index (χ3v) is 7.79. The van der Waals surface area contributed by atoms with Crippen molar-refractivity contribution in [1.82, 2.24) is 0 Å². The van der Waals surface area contributed by atoms with Crippen LogP contribution in [-0.4, -0.2) is 28.7 Å². The fourth-order valence-corrected chi connectivity index (χ4v) is 6.50. The number of carbonyl (C=O) groups excluding carboxylic acids is 1. The Morgan fingerprint density at radius 1 is 1.23 bits per heavy atom. The molecule has 6 unspecified atom stereocenters. The Morgan fingerprint density at radius 3 is 2.82 bits per heavy atom. The summed E-state index contributed by atoms with van der Waals surface area (Å²) in [6.45, 7) is 2.41. The first kappa shape index (κ1) is 14.9. The van der Waals surface area contributed by atoms with Gasteiger partial charge in [-0.2, -0.15) is 0 Å². The first-order valence-electron chi connectivity index (χ1n) is 9.03. The van der Waals surface area contributed by atoms with Gasteiger partial charge in [-0.05, 0) is 62.7 Å². The minimum absolute atomic E-state index is 0.0999. The number of Topliss-reactive ketones (excluding diaryl/α,β-unsaturated/α-hetero) is 1. The van der Waals surface area contributed by atoms with Gasteiger partial charge >= 0.3 is 0 Å². The maximum Gasteiger partial charge on any atom is 0.139 e. The molecule has 122 valence electrons. The second-order valence-corrected chi connectivity index (χ2v) is 8.47. The molecule has 4 aliphatic rings. The Morgan fingerprint density at radius 2 is 2.05 bits per heavy atom. The van der Waals surface area contributed by atoms with E-state index in [9.17, 15) is 15.0 Å². The zero-order valence-corrected chi connectivity index (χ0v) is 13.6. The molecular weight excluding hydrogens is 276 g/mol. The fourth-order valence-electron chi connectivity index (χ4n) is 6.50. The van der Waals surface area contributed by atoms with E-state index in [0.29, 0.717) is 23.5 Å². The lowest BCUT2D eigenvalue weighted by Crippen LogP contribution is -2.53. The molecule has 0 aliphatic heterocycles. The van der Waals surface area contributed by atoms with Crippen molar-refractivity contribution in [1.29, 1.82) is 0 Å². The highest BCUT2D eigenvalue weighted by Gasteiger charge is 2.59. The Kier molecular flexibility index (Phi) is 3.32. The summed E-state index contributed by atoms with van der Waals surface area (Å²) in [5.74, 6) is 2.04. The summed E-state index contributed by atoms with van der Waals surface area (Å²) >= 11 is 0. The number of fused-ring (bicyclic) bond motifs is 5. The number of aliphatic hydroxyl groups excluding tert-OH is 2. The Balaban J connectivity index is 1.72. The topological polar surface area (TPSA) is 57.5 Å². The van der Waals surface area contributed by atoms with E-state index in [0.717, 1.165) is 51.4 Å². The largest absolute Gasteiger partial charge is 0.395 e. The number of aliphatic hydroxyl groups is 2. The lowest BCUT2D eigenvalue weighted by atomic mass is 9.47. The molecule has 0 radical (unpaired) electrons. The standard InChI is InChI=1S/C19H28O3/c1-18-8-7-16-14(15(18)4-5-17(18)22)3-2-12-10-13(21)6-9-19(12,16)11-20/h2,13-16,20-21H,3-11H2,1H3. The molecule has 0 spiro atoms. The van der Waals surface area contributed by atoms with Crippen molar-refractivity contribution in [2.45, 2.75) is 64.4 Å². The second-order valence-electron chi connectivity index (χ2n) is 8.47. The van der Waals surface area contributed by atoms with Gasteiger partial charge in [0.15, 0.2) is 0 Å². The number of ketones is 1. The third kappa shape index (κ3) is 1.78. The van der Waals surface area contributed by atoms with E-state index in [-0.39, 0.29) is 23.5 Å². The molecule has 6 atom stereocenters. The molecule has 4 rings (SSSR count). The molecule has 0 aromatic heterocycles. The van der Waals surface area contributed by atoms with Crippen molar-refractivity contribution in [3.8, 4) is 0 Å². The number of hydrogen-bond donors (Lipinski definition) is 2. The van der Waals surface area contributed by atoms with Crippen LogP contribution in [0.4, 0.5) is 0 Å². The highest BCUT2D eigenvalue weighted by Crippen LogP contribution is 2.63. The lowest BCUT2D eigenvalue weighted by molar-refractivity contribution is -0.133. The molecule has 0 bridgehead atoms. The average Bonchev–Trinajstić information content (AvgIpc) is 2.82. The van der Waals surface area contributed by atoms with Gasteiger partial charge in [-0.15, -0.1) is 0 Å². The van der Waals surface area contributed by atoms with Crippen LogP contribution >= 0.6 is 0 Å². The molecule has 3 fully saturated rings. The van der Waals surface area contributed by atoms with Gasteiger partial charge in [0, 0.05) is 17.3 Å². The predicted molar refractivity (Wildman–Crippen MR) is 84.1 cm³/mol. The average molecular weight is 304 g/mol. The molecule has 0 saturated heterocycles. The number of hydrogen-bond acceptors (Lipinski definition) is 3. The van der Waals surface area contributed by atoms with E-state index in [2.05, 4.69) is 13.0 Å². The van der Waals surface area contributed by atoms with Crippen LogP contribution in [-0.2, 0) is 4.79 Å². The minimum atomic E-state index is -0.232. The highest BCUT2D eigenvalue weighted by atomic mass is 16.3. The molecule has 4 aliphatic carbocycles. The third-order valence-electron chi connectivity index (χ3n) is 7.79. The van der Waals surface area contributed by atoms with Gasteiger partial charge in [0.2, 0.25) is 0 Å².